The standard InChI is InChI=1S/C20H21NO5S2/c22-20(12-27-11-15-6-7-18-19(10-15)26-14-25-18)21(16-4-2-1-3-5-16)17-8-9-28(23,24)13-17/h1-7,10,17H,8-9,11-14H2/t17-/m0/s1. The van der Waals surface area contributed by atoms with Crippen molar-refractivity contribution in [1.82, 2.24) is 0 Å². The Bertz CT molecular complexity index is 962. The second-order valence-electron chi connectivity index (χ2n) is 6.84. The number of rotatable bonds is 6. The lowest BCUT2D eigenvalue weighted by Gasteiger charge is -2.28. The summed E-state index contributed by atoms with van der Waals surface area (Å²) in [6.45, 7) is 0.237. The summed E-state index contributed by atoms with van der Waals surface area (Å²) in [6, 6.07) is 14.8. The Morgan fingerprint density at radius 2 is 1.89 bits per heavy atom. The number of ether oxygens (including phenoxy) is 2. The normalized spacial score (nSPS) is 19.5. The highest BCUT2D eigenvalue weighted by atomic mass is 32.2. The van der Waals surface area contributed by atoms with E-state index in [1.165, 1.54) is 11.8 Å². The maximum absolute atomic E-state index is 13.0. The van der Waals surface area contributed by atoms with Crippen LogP contribution in [0.4, 0.5) is 5.69 Å². The van der Waals surface area contributed by atoms with Crippen LogP contribution in [0.15, 0.2) is 48.5 Å². The zero-order chi connectivity index (χ0) is 19.6. The molecule has 2 aromatic carbocycles. The monoisotopic (exact) mass is 419 g/mol. The molecule has 1 fully saturated rings. The molecule has 1 amide bonds. The van der Waals surface area contributed by atoms with Gasteiger partial charge in [-0.25, -0.2) is 8.42 Å². The van der Waals surface area contributed by atoms with Gasteiger partial charge in [0.1, 0.15) is 0 Å². The van der Waals surface area contributed by atoms with Crippen molar-refractivity contribution in [3.8, 4) is 11.5 Å². The van der Waals surface area contributed by atoms with Crippen LogP contribution < -0.4 is 14.4 Å². The first-order valence-corrected chi connectivity index (χ1v) is 12.0. The fraction of sp³-hybridized carbons (Fsp3) is 0.350. The molecule has 0 aromatic heterocycles. The third-order valence-electron chi connectivity index (χ3n) is 4.81. The molecule has 0 N–H and O–H groups in total. The molecule has 0 saturated carbocycles. The van der Waals surface area contributed by atoms with Gasteiger partial charge in [0.05, 0.1) is 23.3 Å². The largest absolute Gasteiger partial charge is 0.454 e. The topological polar surface area (TPSA) is 72.9 Å². The van der Waals surface area contributed by atoms with Gasteiger partial charge >= 0.3 is 0 Å². The molecule has 2 heterocycles. The molecule has 148 valence electrons. The van der Waals surface area contributed by atoms with E-state index in [0.717, 1.165) is 22.7 Å². The minimum atomic E-state index is -3.08. The maximum Gasteiger partial charge on any atom is 0.237 e. The molecule has 2 aliphatic rings. The number of anilines is 1. The molecule has 1 atom stereocenters. The Kier molecular flexibility index (Phi) is 5.50. The van der Waals surface area contributed by atoms with E-state index >= 15 is 0 Å². The lowest BCUT2D eigenvalue weighted by Crippen LogP contribution is -2.42. The summed E-state index contributed by atoms with van der Waals surface area (Å²) in [5.41, 5.74) is 1.80. The van der Waals surface area contributed by atoms with Gasteiger partial charge in [-0.1, -0.05) is 24.3 Å². The van der Waals surface area contributed by atoms with Crippen molar-refractivity contribution in [1.29, 1.82) is 0 Å². The number of thioether (sulfide) groups is 1. The number of hydrogen-bond donors (Lipinski definition) is 0. The minimum absolute atomic E-state index is 0.0282. The molecule has 0 aliphatic carbocycles. The Morgan fingerprint density at radius 1 is 1.11 bits per heavy atom. The lowest BCUT2D eigenvalue weighted by atomic mass is 10.2. The highest BCUT2D eigenvalue weighted by Gasteiger charge is 2.35. The highest BCUT2D eigenvalue weighted by Crippen LogP contribution is 2.33. The summed E-state index contributed by atoms with van der Waals surface area (Å²) in [5, 5.41) is 0. The molecule has 8 heteroatoms. The van der Waals surface area contributed by atoms with Crippen LogP contribution in [-0.4, -0.2) is 44.4 Å². The molecular weight excluding hydrogens is 398 g/mol. The third kappa shape index (κ3) is 4.28. The molecule has 6 nitrogen and oxygen atoms in total. The van der Waals surface area contributed by atoms with Crippen molar-refractivity contribution < 1.29 is 22.7 Å². The van der Waals surface area contributed by atoms with Gasteiger partial charge in [-0.3, -0.25) is 4.79 Å². The van der Waals surface area contributed by atoms with Gasteiger partial charge in [0.2, 0.25) is 12.7 Å². The number of fused-ring (bicyclic) bond motifs is 1. The van der Waals surface area contributed by atoms with E-state index in [1.807, 2.05) is 48.5 Å². The SMILES string of the molecule is O=C(CSCc1ccc2c(c1)OCO2)N(c1ccccc1)[C@H]1CCS(=O)(=O)C1. The first-order valence-electron chi connectivity index (χ1n) is 9.06. The second kappa shape index (κ2) is 8.05. The van der Waals surface area contributed by atoms with E-state index < -0.39 is 9.84 Å². The van der Waals surface area contributed by atoms with Crippen molar-refractivity contribution in [3.63, 3.8) is 0 Å². The zero-order valence-corrected chi connectivity index (χ0v) is 16.9. The molecule has 4 rings (SSSR count). The summed E-state index contributed by atoms with van der Waals surface area (Å²) >= 11 is 1.50. The zero-order valence-electron chi connectivity index (χ0n) is 15.2. The quantitative estimate of drug-likeness (QED) is 0.717. The summed E-state index contributed by atoms with van der Waals surface area (Å²) in [4.78, 5) is 14.6. The van der Waals surface area contributed by atoms with Crippen LogP contribution in [0.1, 0.15) is 12.0 Å². The molecule has 0 radical (unpaired) electrons. The van der Waals surface area contributed by atoms with Gasteiger partial charge in [0.25, 0.3) is 0 Å². The summed E-state index contributed by atoms with van der Waals surface area (Å²) in [6.07, 6.45) is 0.482. The third-order valence-corrected chi connectivity index (χ3v) is 7.55. The number of para-hydroxylation sites is 1. The molecule has 0 unspecified atom stereocenters. The predicted octanol–water partition coefficient (Wildman–Crippen LogP) is 2.87. The fourth-order valence-corrected chi connectivity index (χ4v) is 6.01. The van der Waals surface area contributed by atoms with E-state index in [2.05, 4.69) is 0 Å². The molecule has 2 aromatic rings. The highest BCUT2D eigenvalue weighted by molar-refractivity contribution is 7.99. The Balaban J connectivity index is 1.42. The first kappa shape index (κ1) is 19.1. The molecule has 0 spiro atoms. The number of amides is 1. The molecule has 28 heavy (non-hydrogen) atoms. The predicted molar refractivity (Wildman–Crippen MR) is 110 cm³/mol. The van der Waals surface area contributed by atoms with E-state index in [9.17, 15) is 13.2 Å². The molecular formula is C20H21NO5S2. The van der Waals surface area contributed by atoms with E-state index in [4.69, 9.17) is 9.47 Å². The van der Waals surface area contributed by atoms with Gasteiger partial charge in [-0.05, 0) is 36.2 Å². The number of hydrogen-bond acceptors (Lipinski definition) is 6. The lowest BCUT2D eigenvalue weighted by molar-refractivity contribution is -0.116. The van der Waals surface area contributed by atoms with Crippen molar-refractivity contribution >= 4 is 33.2 Å². The Labute approximate surface area is 168 Å². The number of carbonyl (C=O) groups excluding carboxylic acids is 1. The molecule has 1 saturated heterocycles. The van der Waals surface area contributed by atoms with Crippen molar-refractivity contribution in [2.24, 2.45) is 0 Å². The van der Waals surface area contributed by atoms with Gasteiger partial charge in [-0.2, -0.15) is 0 Å². The van der Waals surface area contributed by atoms with Crippen LogP contribution in [0, 0.1) is 0 Å². The van der Waals surface area contributed by atoms with E-state index in [1.54, 1.807) is 4.90 Å². The first-order chi connectivity index (χ1) is 13.5. The van der Waals surface area contributed by atoms with Crippen LogP contribution in [0.5, 0.6) is 11.5 Å². The fourth-order valence-electron chi connectivity index (χ4n) is 3.48. The summed E-state index contributed by atoms with van der Waals surface area (Å²) in [5.74, 6) is 2.50. The van der Waals surface area contributed by atoms with Crippen LogP contribution in [-0.2, 0) is 20.4 Å². The van der Waals surface area contributed by atoms with Crippen molar-refractivity contribution in [2.75, 3.05) is 29.0 Å². The summed E-state index contributed by atoms with van der Waals surface area (Å²) in [7, 11) is -3.08. The van der Waals surface area contributed by atoms with E-state index in [0.29, 0.717) is 12.2 Å². The van der Waals surface area contributed by atoms with Gasteiger partial charge in [0, 0.05) is 11.4 Å². The van der Waals surface area contributed by atoms with Crippen LogP contribution in [0.3, 0.4) is 0 Å². The number of nitrogens with zero attached hydrogens (tertiary/aromatic N) is 1. The number of sulfone groups is 1. The number of benzene rings is 2. The van der Waals surface area contributed by atoms with Crippen LogP contribution in [0.25, 0.3) is 0 Å². The van der Waals surface area contributed by atoms with Crippen molar-refractivity contribution in [3.05, 3.63) is 54.1 Å². The van der Waals surface area contributed by atoms with E-state index in [-0.39, 0.29) is 36.0 Å². The molecule has 2 aliphatic heterocycles. The average Bonchev–Trinajstić information content (AvgIpc) is 3.28. The minimum Gasteiger partial charge on any atom is -0.454 e. The maximum atomic E-state index is 13.0. The Hall–Kier alpha value is -2.19. The summed E-state index contributed by atoms with van der Waals surface area (Å²) < 4.78 is 34.5. The van der Waals surface area contributed by atoms with Gasteiger partial charge in [0.15, 0.2) is 21.3 Å². The molecule has 0 bridgehead atoms. The van der Waals surface area contributed by atoms with Crippen LogP contribution >= 0.6 is 11.8 Å². The second-order valence-corrected chi connectivity index (χ2v) is 10.1. The van der Waals surface area contributed by atoms with Gasteiger partial charge in [-0.15, -0.1) is 11.8 Å². The number of carbonyl (C=O) groups is 1. The van der Waals surface area contributed by atoms with Crippen LogP contribution in [0.2, 0.25) is 0 Å². The smallest absolute Gasteiger partial charge is 0.237 e. The Morgan fingerprint density at radius 3 is 2.64 bits per heavy atom. The van der Waals surface area contributed by atoms with Crippen molar-refractivity contribution in [2.45, 2.75) is 18.2 Å². The average molecular weight is 420 g/mol. The van der Waals surface area contributed by atoms with Gasteiger partial charge < -0.3 is 14.4 Å².